The van der Waals surface area contributed by atoms with Gasteiger partial charge >= 0.3 is 5.97 Å². The number of hydrogen-bond donors (Lipinski definition) is 2. The lowest BCUT2D eigenvalue weighted by atomic mass is 10.2. The summed E-state index contributed by atoms with van der Waals surface area (Å²) in [5.41, 5.74) is 3.10. The van der Waals surface area contributed by atoms with Crippen LogP contribution in [0, 0.1) is 6.92 Å². The van der Waals surface area contributed by atoms with Gasteiger partial charge in [0.05, 0.1) is 30.0 Å². The summed E-state index contributed by atoms with van der Waals surface area (Å²) in [6.07, 6.45) is 2.62. The fraction of sp³-hybridized carbons (Fsp3) is 0.200. The van der Waals surface area contributed by atoms with E-state index >= 15 is 0 Å². The van der Waals surface area contributed by atoms with E-state index in [1.807, 2.05) is 30.7 Å². The Bertz CT molecular complexity index is 839. The number of hydrogen-bond acceptors (Lipinski definition) is 5. The fourth-order valence-electron chi connectivity index (χ4n) is 2.22. The molecule has 0 saturated heterocycles. The van der Waals surface area contributed by atoms with Crippen molar-refractivity contribution in [2.45, 2.75) is 13.5 Å². The summed E-state index contributed by atoms with van der Waals surface area (Å²) >= 11 is 0. The molecule has 7 heteroatoms. The second kappa shape index (κ2) is 5.44. The standard InChI is InChI=1S/C15H15N5O2/c1-9-3-4-12-10(5-9)19-14(20(12)2)8-18-13-7-16-11(6-17-13)15(21)22/h3-7H,8H2,1-2H3,(H,17,18)(H,21,22). The Morgan fingerprint density at radius 1 is 1.32 bits per heavy atom. The molecule has 112 valence electrons. The average Bonchev–Trinajstić information content (AvgIpc) is 2.81. The monoisotopic (exact) mass is 297 g/mol. The van der Waals surface area contributed by atoms with Gasteiger partial charge in [0, 0.05) is 7.05 Å². The van der Waals surface area contributed by atoms with E-state index in [2.05, 4.69) is 26.3 Å². The van der Waals surface area contributed by atoms with Gasteiger partial charge in [-0.3, -0.25) is 0 Å². The van der Waals surface area contributed by atoms with E-state index in [0.29, 0.717) is 12.4 Å². The molecule has 0 aliphatic heterocycles. The summed E-state index contributed by atoms with van der Waals surface area (Å²) in [7, 11) is 1.96. The van der Waals surface area contributed by atoms with E-state index in [1.54, 1.807) is 0 Å². The second-order valence-electron chi connectivity index (χ2n) is 5.02. The molecule has 0 radical (unpaired) electrons. The Morgan fingerprint density at radius 2 is 2.14 bits per heavy atom. The molecule has 1 aromatic carbocycles. The third-order valence-corrected chi connectivity index (χ3v) is 3.43. The largest absolute Gasteiger partial charge is 0.476 e. The fourth-order valence-corrected chi connectivity index (χ4v) is 2.22. The van der Waals surface area contributed by atoms with Crippen LogP contribution in [-0.4, -0.2) is 30.6 Å². The highest BCUT2D eigenvalue weighted by atomic mass is 16.4. The van der Waals surface area contributed by atoms with E-state index in [-0.39, 0.29) is 5.69 Å². The topological polar surface area (TPSA) is 92.9 Å². The third kappa shape index (κ3) is 2.60. The van der Waals surface area contributed by atoms with Gasteiger partial charge < -0.3 is 15.0 Å². The van der Waals surface area contributed by atoms with Gasteiger partial charge in [-0.1, -0.05) is 6.07 Å². The van der Waals surface area contributed by atoms with Gasteiger partial charge in [-0.05, 0) is 24.6 Å². The summed E-state index contributed by atoms with van der Waals surface area (Å²) < 4.78 is 2.01. The molecule has 22 heavy (non-hydrogen) atoms. The number of rotatable bonds is 4. The lowest BCUT2D eigenvalue weighted by Gasteiger charge is -2.05. The van der Waals surface area contributed by atoms with Gasteiger partial charge in [-0.2, -0.15) is 0 Å². The van der Waals surface area contributed by atoms with E-state index in [0.717, 1.165) is 16.9 Å². The minimum absolute atomic E-state index is 0.0799. The lowest BCUT2D eigenvalue weighted by molar-refractivity contribution is 0.0690. The second-order valence-corrected chi connectivity index (χ2v) is 5.02. The third-order valence-electron chi connectivity index (χ3n) is 3.43. The number of benzene rings is 1. The van der Waals surface area contributed by atoms with Gasteiger partial charge in [0.2, 0.25) is 0 Å². The van der Waals surface area contributed by atoms with Gasteiger partial charge in [-0.15, -0.1) is 0 Å². The zero-order valence-corrected chi connectivity index (χ0v) is 12.2. The van der Waals surface area contributed by atoms with Crippen molar-refractivity contribution in [3.05, 3.63) is 47.7 Å². The van der Waals surface area contributed by atoms with E-state index in [4.69, 9.17) is 5.11 Å². The predicted molar refractivity (Wildman–Crippen MR) is 81.8 cm³/mol. The van der Waals surface area contributed by atoms with Crippen LogP contribution in [0.4, 0.5) is 5.82 Å². The van der Waals surface area contributed by atoms with Gasteiger partial charge in [-0.25, -0.2) is 19.7 Å². The van der Waals surface area contributed by atoms with Crippen molar-refractivity contribution in [3.8, 4) is 0 Å². The Balaban J connectivity index is 1.78. The maximum atomic E-state index is 10.7. The molecule has 0 aliphatic rings. The first-order chi connectivity index (χ1) is 10.5. The molecule has 7 nitrogen and oxygen atoms in total. The molecule has 3 rings (SSSR count). The summed E-state index contributed by atoms with van der Waals surface area (Å²) in [4.78, 5) is 23.2. The highest BCUT2D eigenvalue weighted by Crippen LogP contribution is 2.17. The number of aryl methyl sites for hydroxylation is 2. The molecule has 0 spiro atoms. The molecule has 0 fully saturated rings. The first-order valence-electron chi connectivity index (χ1n) is 6.76. The van der Waals surface area contributed by atoms with Crippen molar-refractivity contribution in [1.29, 1.82) is 0 Å². The Hall–Kier alpha value is -2.96. The molecular weight excluding hydrogens is 282 g/mol. The van der Waals surface area contributed by atoms with Crippen LogP contribution in [0.15, 0.2) is 30.6 Å². The molecule has 2 aromatic heterocycles. The van der Waals surface area contributed by atoms with Crippen LogP contribution in [0.2, 0.25) is 0 Å². The van der Waals surface area contributed by atoms with Crippen molar-refractivity contribution < 1.29 is 9.90 Å². The zero-order valence-electron chi connectivity index (χ0n) is 12.2. The summed E-state index contributed by atoms with van der Waals surface area (Å²) in [6, 6.07) is 6.14. The number of nitrogens with one attached hydrogen (secondary N) is 1. The van der Waals surface area contributed by atoms with Gasteiger partial charge in [0.1, 0.15) is 11.6 Å². The number of nitrogens with zero attached hydrogens (tertiary/aromatic N) is 4. The molecule has 2 heterocycles. The molecule has 2 N–H and O–H groups in total. The number of aromatic carboxylic acids is 1. The van der Waals surface area contributed by atoms with Gasteiger partial charge in [0.15, 0.2) is 5.69 Å². The van der Waals surface area contributed by atoms with Crippen LogP contribution in [0.1, 0.15) is 21.9 Å². The number of imidazole rings is 1. The van der Waals surface area contributed by atoms with Crippen LogP contribution < -0.4 is 5.32 Å². The van der Waals surface area contributed by atoms with Crippen molar-refractivity contribution in [1.82, 2.24) is 19.5 Å². The predicted octanol–water partition coefficient (Wildman–Crippen LogP) is 1.98. The Labute approximate surface area is 126 Å². The average molecular weight is 297 g/mol. The molecule has 0 atom stereocenters. The van der Waals surface area contributed by atoms with Crippen LogP contribution in [0.25, 0.3) is 11.0 Å². The molecule has 0 aliphatic carbocycles. The molecule has 0 bridgehead atoms. The number of fused-ring (bicyclic) bond motifs is 1. The van der Waals surface area contributed by atoms with E-state index in [1.165, 1.54) is 18.0 Å². The quantitative estimate of drug-likeness (QED) is 0.765. The summed E-state index contributed by atoms with van der Waals surface area (Å²) in [6.45, 7) is 2.51. The summed E-state index contributed by atoms with van der Waals surface area (Å²) in [5, 5.41) is 11.9. The van der Waals surface area contributed by atoms with E-state index < -0.39 is 5.97 Å². The van der Waals surface area contributed by atoms with Crippen LogP contribution in [0.5, 0.6) is 0 Å². The number of carboxylic acids is 1. The van der Waals surface area contributed by atoms with Crippen LogP contribution >= 0.6 is 0 Å². The van der Waals surface area contributed by atoms with Crippen molar-refractivity contribution in [2.75, 3.05) is 5.32 Å². The first kappa shape index (κ1) is 14.0. The molecule has 3 aromatic rings. The first-order valence-corrected chi connectivity index (χ1v) is 6.76. The van der Waals surface area contributed by atoms with Gasteiger partial charge in [0.25, 0.3) is 0 Å². The molecule has 0 amide bonds. The Morgan fingerprint density at radius 3 is 2.82 bits per heavy atom. The minimum atomic E-state index is -1.09. The number of aromatic nitrogens is 4. The van der Waals surface area contributed by atoms with E-state index in [9.17, 15) is 4.79 Å². The highest BCUT2D eigenvalue weighted by molar-refractivity contribution is 5.84. The molecule has 0 unspecified atom stereocenters. The Kier molecular flexibility index (Phi) is 3.46. The summed E-state index contributed by atoms with van der Waals surface area (Å²) in [5.74, 6) is 0.280. The maximum absolute atomic E-state index is 10.7. The number of anilines is 1. The maximum Gasteiger partial charge on any atom is 0.356 e. The van der Waals surface area contributed by atoms with Crippen LogP contribution in [-0.2, 0) is 13.6 Å². The normalized spacial score (nSPS) is 10.8. The van der Waals surface area contributed by atoms with Crippen molar-refractivity contribution in [2.24, 2.45) is 7.05 Å². The molecule has 0 saturated carbocycles. The smallest absolute Gasteiger partial charge is 0.356 e. The van der Waals surface area contributed by atoms with Crippen molar-refractivity contribution in [3.63, 3.8) is 0 Å². The van der Waals surface area contributed by atoms with Crippen LogP contribution in [0.3, 0.4) is 0 Å². The number of carboxylic acid groups (broad SMARTS) is 1. The zero-order chi connectivity index (χ0) is 15.7. The SMILES string of the molecule is Cc1ccc2c(c1)nc(CNc1cnc(C(=O)O)cn1)n2C. The minimum Gasteiger partial charge on any atom is -0.476 e. The number of carbonyl (C=O) groups is 1. The lowest BCUT2D eigenvalue weighted by Crippen LogP contribution is -2.08. The highest BCUT2D eigenvalue weighted by Gasteiger charge is 2.09. The molecular formula is C15H15N5O2. The van der Waals surface area contributed by atoms with Crippen molar-refractivity contribution >= 4 is 22.8 Å².